The Hall–Kier alpha value is -10.7. The lowest BCUT2D eigenvalue weighted by molar-refractivity contribution is 1.28. The van der Waals surface area contributed by atoms with Crippen molar-refractivity contribution in [3.63, 3.8) is 0 Å². The Morgan fingerprint density at radius 2 is 0.605 bits per heavy atom. The molecule has 2 heteroatoms. The van der Waals surface area contributed by atoms with Crippen LogP contribution in [0.25, 0.3) is 142 Å². The summed E-state index contributed by atoms with van der Waals surface area (Å²) in [5.41, 5.74) is 11.5. The maximum Gasteiger partial charge on any atom is 0.139 e. The van der Waals surface area contributed by atoms with Gasteiger partial charge in [0.25, 0.3) is 0 Å². The molecule has 0 amide bonds. The minimum Gasteiger partial charge on any atom is -0.339 e. The fourth-order valence-electron chi connectivity index (χ4n) is 12.9. The van der Waals surface area contributed by atoms with Crippen LogP contribution in [0.4, 0.5) is 0 Å². The molecule has 0 unspecified atom stereocenters. The molecule has 0 aliphatic heterocycles. The van der Waals surface area contributed by atoms with Crippen LogP contribution < -0.4 is 5.32 Å². The third-order valence-electron chi connectivity index (χ3n) is 16.5. The molecule has 0 fully saturated rings. The van der Waals surface area contributed by atoms with Gasteiger partial charge in [-0.3, -0.25) is 0 Å². The van der Waals surface area contributed by atoms with Crippen molar-refractivity contribution in [3.05, 3.63) is 315 Å². The number of nitrogens with one attached hydrogen (secondary N) is 1. The van der Waals surface area contributed by atoms with Crippen LogP contribution in [0.1, 0.15) is 16.7 Å². The molecule has 81 heavy (non-hydrogen) atoms. The zero-order valence-electron chi connectivity index (χ0n) is 44.5. The zero-order valence-corrected chi connectivity index (χ0v) is 44.5. The third-order valence-corrected chi connectivity index (χ3v) is 16.5. The van der Waals surface area contributed by atoms with Crippen LogP contribution in [0.5, 0.6) is 0 Å². The fourth-order valence-corrected chi connectivity index (χ4v) is 12.9. The van der Waals surface area contributed by atoms with E-state index in [-0.39, 0.29) is 0 Å². The second kappa shape index (κ2) is 19.7. The summed E-state index contributed by atoms with van der Waals surface area (Å²) in [5.74, 6) is 0.662. The van der Waals surface area contributed by atoms with E-state index in [1.54, 1.807) is 0 Å². The monoisotopic (exact) mass is 1030 g/mol. The third kappa shape index (κ3) is 7.99. The SMILES string of the molecule is C=C/C=C(/NC(=NC(=C)c1cc2c(-c3ccccc3)c3ccccc3cc2c2ccccc12)c1cc2c(-c3ccccc3)c3ccccc3cc2c2ccccc12)c1cc2c(-c3ccccc3)c3ccccc3cc2c2ccccc12. The summed E-state index contributed by atoms with van der Waals surface area (Å²) in [4.78, 5) is 5.89. The molecule has 0 atom stereocenters. The number of hydrogen-bond acceptors (Lipinski definition) is 1. The molecule has 0 spiro atoms. The van der Waals surface area contributed by atoms with Gasteiger partial charge in [0, 0.05) is 22.4 Å². The van der Waals surface area contributed by atoms with Crippen LogP contribution in [-0.2, 0) is 0 Å². The minimum absolute atomic E-state index is 0.632. The summed E-state index contributed by atoms with van der Waals surface area (Å²) >= 11 is 0. The van der Waals surface area contributed by atoms with Crippen LogP contribution in [0.3, 0.4) is 0 Å². The predicted octanol–water partition coefficient (Wildman–Crippen LogP) is 21.3. The number of hydrogen-bond donors (Lipinski definition) is 1. The summed E-state index contributed by atoms with van der Waals surface area (Å²) in [6, 6.07) is 99.2. The second-order valence-corrected chi connectivity index (χ2v) is 21.1. The Bertz CT molecular complexity index is 5150. The molecule has 15 aromatic rings. The van der Waals surface area contributed by atoms with Crippen molar-refractivity contribution in [1.29, 1.82) is 0 Å². The van der Waals surface area contributed by atoms with Gasteiger partial charge < -0.3 is 5.32 Å². The van der Waals surface area contributed by atoms with Gasteiger partial charge in [0.05, 0.1) is 5.70 Å². The smallest absolute Gasteiger partial charge is 0.139 e. The Morgan fingerprint density at radius 1 is 0.296 bits per heavy atom. The number of benzene rings is 15. The number of nitrogens with zero attached hydrogens (tertiary/aromatic N) is 1. The number of allylic oxidation sites excluding steroid dienone is 2. The van der Waals surface area contributed by atoms with Gasteiger partial charge in [0.1, 0.15) is 5.84 Å². The van der Waals surface area contributed by atoms with Crippen molar-refractivity contribution in [2.45, 2.75) is 0 Å². The number of aliphatic imine (C=N–C) groups is 1. The molecule has 2 nitrogen and oxygen atoms in total. The average Bonchev–Trinajstić information content (AvgIpc) is 3.72. The van der Waals surface area contributed by atoms with E-state index in [2.05, 4.69) is 291 Å². The Morgan fingerprint density at radius 3 is 1.00 bits per heavy atom. The van der Waals surface area contributed by atoms with Crippen LogP contribution in [0, 0.1) is 0 Å². The highest BCUT2D eigenvalue weighted by Crippen LogP contribution is 2.46. The summed E-state index contributed by atoms with van der Waals surface area (Å²) in [7, 11) is 0. The highest BCUT2D eigenvalue weighted by atomic mass is 15.0. The summed E-state index contributed by atoms with van der Waals surface area (Å²) in [6.07, 6.45) is 3.99. The van der Waals surface area contributed by atoms with Gasteiger partial charge in [-0.15, -0.1) is 0 Å². The first-order valence-electron chi connectivity index (χ1n) is 27.7. The molecule has 0 radical (unpaired) electrons. The van der Waals surface area contributed by atoms with Crippen molar-refractivity contribution in [3.8, 4) is 33.4 Å². The molecule has 0 aliphatic rings. The highest BCUT2D eigenvalue weighted by molar-refractivity contribution is 6.28. The van der Waals surface area contributed by atoms with E-state index in [4.69, 9.17) is 11.6 Å². The Kier molecular flexibility index (Phi) is 11.5. The average molecular weight is 1030 g/mol. The Balaban J connectivity index is 1.03. The summed E-state index contributed by atoms with van der Waals surface area (Å²) in [6.45, 7) is 9.36. The second-order valence-electron chi connectivity index (χ2n) is 21.1. The van der Waals surface area contributed by atoms with E-state index in [0.29, 0.717) is 11.5 Å². The lowest BCUT2D eigenvalue weighted by Gasteiger charge is -2.22. The molecule has 0 saturated heterocycles. The first-order valence-corrected chi connectivity index (χ1v) is 27.7. The van der Waals surface area contributed by atoms with E-state index in [9.17, 15) is 0 Å². The number of rotatable bonds is 9. The van der Waals surface area contributed by atoms with Gasteiger partial charge in [-0.1, -0.05) is 256 Å². The molecule has 0 heterocycles. The molecule has 0 saturated carbocycles. The lowest BCUT2D eigenvalue weighted by atomic mass is 9.87. The van der Waals surface area contributed by atoms with E-state index < -0.39 is 0 Å². The lowest BCUT2D eigenvalue weighted by Crippen LogP contribution is -2.24. The summed E-state index contributed by atoms with van der Waals surface area (Å²) < 4.78 is 0. The summed E-state index contributed by atoms with van der Waals surface area (Å²) in [5, 5.41) is 25.0. The minimum atomic E-state index is 0.632. The zero-order chi connectivity index (χ0) is 54.0. The van der Waals surface area contributed by atoms with Crippen molar-refractivity contribution < 1.29 is 0 Å². The molecule has 1 N–H and O–H groups in total. The predicted molar refractivity (Wildman–Crippen MR) is 350 cm³/mol. The van der Waals surface area contributed by atoms with E-state index in [1.807, 2.05) is 6.08 Å². The van der Waals surface area contributed by atoms with Gasteiger partial charge in [0.15, 0.2) is 0 Å². The highest BCUT2D eigenvalue weighted by Gasteiger charge is 2.23. The molecule has 15 rings (SSSR count). The first kappa shape index (κ1) is 47.5. The fraction of sp³-hybridized carbons (Fsp3) is 0. The van der Waals surface area contributed by atoms with Crippen LogP contribution in [-0.4, -0.2) is 5.84 Å². The van der Waals surface area contributed by atoms with Gasteiger partial charge in [0.2, 0.25) is 0 Å². The maximum absolute atomic E-state index is 5.89. The van der Waals surface area contributed by atoms with Crippen LogP contribution in [0.2, 0.25) is 0 Å². The van der Waals surface area contributed by atoms with Gasteiger partial charge in [-0.25, -0.2) is 4.99 Å². The quantitative estimate of drug-likeness (QED) is 0.0503. The van der Waals surface area contributed by atoms with Crippen LogP contribution in [0.15, 0.2) is 303 Å². The normalized spacial score (nSPS) is 12.2. The first-order chi connectivity index (χ1) is 40.1. The van der Waals surface area contributed by atoms with Gasteiger partial charge in [-0.05, 0) is 173 Å². The van der Waals surface area contributed by atoms with E-state index in [0.717, 1.165) is 87.6 Å². The number of fused-ring (bicyclic) bond motifs is 12. The Labute approximate surface area is 470 Å². The molecule has 0 bridgehead atoms. The van der Waals surface area contributed by atoms with E-state index in [1.165, 1.54) is 65.2 Å². The molecule has 0 aliphatic carbocycles. The van der Waals surface area contributed by atoms with Crippen molar-refractivity contribution >= 4 is 114 Å². The van der Waals surface area contributed by atoms with Crippen LogP contribution >= 0.6 is 0 Å². The maximum atomic E-state index is 5.89. The molecule has 378 valence electrons. The topological polar surface area (TPSA) is 24.4 Å². The van der Waals surface area contributed by atoms with E-state index >= 15 is 0 Å². The van der Waals surface area contributed by atoms with Gasteiger partial charge in [-0.2, -0.15) is 0 Å². The van der Waals surface area contributed by atoms with Crippen molar-refractivity contribution in [2.24, 2.45) is 4.99 Å². The molecular weight excluding hydrogens is 977 g/mol. The van der Waals surface area contributed by atoms with Crippen molar-refractivity contribution in [1.82, 2.24) is 5.32 Å². The molecule has 15 aromatic carbocycles. The van der Waals surface area contributed by atoms with Gasteiger partial charge >= 0.3 is 0 Å². The molecule has 0 aromatic heterocycles. The number of amidine groups is 1. The largest absolute Gasteiger partial charge is 0.339 e. The molecular formula is C79H52N2. The van der Waals surface area contributed by atoms with Crippen molar-refractivity contribution in [2.75, 3.05) is 0 Å². The standard InChI is InChI=1S/C79H52N2/c1-3-25-75(70-48-72-68(62-40-21-23-42-64(62)70)45-55-33-14-17-36-58(55)77(72)52-28-9-5-10-29-52)81-79(74-49-73-69(63-41-22-24-43-65(63)74)46-56-34-15-18-37-59(56)78(73)53-30-11-6-12-31-53)80-50(2)66-47-71-67(61-39-20-19-38-60(61)66)44-54-32-13-16-35-57(54)76(71)51-26-7-4-8-27-51/h3-49H,1-2H2,(H,80,81)/b75-25+.